The maximum Gasteiger partial charge on any atom is 0.468 e. The highest BCUT2D eigenvalue weighted by molar-refractivity contribution is 6.84. The molecule has 0 aliphatic carbocycles. The quantitative estimate of drug-likeness (QED) is 0.143. The fourth-order valence-corrected chi connectivity index (χ4v) is 10.4. The van der Waals surface area contributed by atoms with Gasteiger partial charge in [-0.25, -0.2) is 4.98 Å². The molecular weight excluding hydrogens is 968 g/mol. The van der Waals surface area contributed by atoms with E-state index in [0.717, 1.165) is 72.6 Å². The van der Waals surface area contributed by atoms with E-state index in [0.29, 0.717) is 18.2 Å². The molecule has 2 saturated heterocycles. The number of ether oxygens (including phenoxy) is 1. The van der Waals surface area contributed by atoms with Crippen LogP contribution < -0.4 is 25.5 Å². The predicted octanol–water partition coefficient (Wildman–Crippen LogP) is 14.2. The molecule has 3 aliphatic rings. The minimum absolute atomic E-state index is 0.0488. The van der Waals surface area contributed by atoms with E-state index >= 15 is 0 Å². The summed E-state index contributed by atoms with van der Waals surface area (Å²) in [7, 11) is -4.00. The molecule has 18 heteroatoms. The van der Waals surface area contributed by atoms with Crippen LogP contribution in [-0.4, -0.2) is 63.9 Å². The Bertz CT molecular complexity index is 3270. The molecule has 402 valence electrons. The van der Waals surface area contributed by atoms with Crippen LogP contribution in [0.1, 0.15) is 141 Å². The normalized spacial score (nSPS) is 16.3. The standard InChI is InChI=1S/C60H77B6N5O7/c1-39-52(72-43-28-29-45-44-24-20-21-25-48(44)71(51(45)36-43)53-34-40(30-31-67-53)55(2,3)4)35-42(37-68-39)69-38-70(50-27-23-22-26-49(50)69)54-46(61-73-63(57(8,9)10)77-64(74-61)58(11,12)13)32-41(56(5,6)7)33-47(54)62-75-65(59(14,15)16)78-66(76-62)60(17,18)19/h20-37H,38H2,1-19H3. The summed E-state index contributed by atoms with van der Waals surface area (Å²) in [5, 5.41) is 0.755. The van der Waals surface area contributed by atoms with Gasteiger partial charge in [0.05, 0.1) is 40.0 Å². The molecule has 2 fully saturated rings. The third kappa shape index (κ3) is 10.9. The predicted molar refractivity (Wildman–Crippen MR) is 326 cm³/mol. The Balaban J connectivity index is 1.11. The summed E-state index contributed by atoms with van der Waals surface area (Å²) < 4.78 is 50.9. The smallest absolute Gasteiger partial charge is 0.455 e. The molecule has 0 saturated carbocycles. The second-order valence-corrected chi connectivity index (χ2v) is 28.1. The lowest BCUT2D eigenvalue weighted by Gasteiger charge is -2.43. The van der Waals surface area contributed by atoms with Crippen molar-refractivity contribution in [2.45, 2.75) is 164 Å². The minimum atomic E-state index is -0.837. The number of hydrogen-bond donors (Lipinski definition) is 0. The Morgan fingerprint density at radius 3 is 1.51 bits per heavy atom. The van der Waals surface area contributed by atoms with Gasteiger partial charge in [0, 0.05) is 45.7 Å². The van der Waals surface area contributed by atoms with Gasteiger partial charge in [0.2, 0.25) is 0 Å². The van der Waals surface area contributed by atoms with E-state index in [1.807, 2.05) is 25.4 Å². The molecule has 0 unspecified atom stereocenters. The molecule has 3 aromatic heterocycles. The third-order valence-corrected chi connectivity index (χ3v) is 14.9. The molecule has 0 radical (unpaired) electrons. The molecule has 0 spiro atoms. The summed E-state index contributed by atoms with van der Waals surface area (Å²) >= 11 is 0. The van der Waals surface area contributed by atoms with Crippen molar-refractivity contribution in [2.24, 2.45) is 0 Å². The molecule has 0 bridgehead atoms. The Morgan fingerprint density at radius 2 is 0.987 bits per heavy atom. The van der Waals surface area contributed by atoms with E-state index in [1.54, 1.807) is 0 Å². The molecule has 7 aromatic rings. The van der Waals surface area contributed by atoms with Gasteiger partial charge in [0.25, 0.3) is 0 Å². The summed E-state index contributed by atoms with van der Waals surface area (Å²) in [5.74, 6) is 2.19. The molecule has 0 atom stereocenters. The second kappa shape index (κ2) is 20.0. The molecule has 0 N–H and O–H groups in total. The van der Waals surface area contributed by atoms with Crippen LogP contribution in [0.25, 0.3) is 27.6 Å². The Kier molecular flexibility index (Phi) is 14.3. The van der Waals surface area contributed by atoms with Crippen molar-refractivity contribution in [1.29, 1.82) is 0 Å². The molecule has 12 nitrogen and oxygen atoms in total. The summed E-state index contributed by atoms with van der Waals surface area (Å²) in [4.78, 5) is 14.6. The van der Waals surface area contributed by atoms with Gasteiger partial charge in [-0.15, -0.1) is 0 Å². The van der Waals surface area contributed by atoms with Crippen molar-refractivity contribution in [1.82, 2.24) is 14.5 Å². The van der Waals surface area contributed by atoms with Crippen molar-refractivity contribution >= 4 is 98.2 Å². The summed E-state index contributed by atoms with van der Waals surface area (Å²) in [5.41, 5.74) is 10.2. The van der Waals surface area contributed by atoms with Crippen LogP contribution in [0.15, 0.2) is 109 Å². The molecule has 6 heterocycles. The summed E-state index contributed by atoms with van der Waals surface area (Å²) in [6.45, 7) is 41.5. The zero-order valence-electron chi connectivity index (χ0n) is 49.7. The number of hydrogen-bond acceptors (Lipinski definition) is 11. The third-order valence-electron chi connectivity index (χ3n) is 14.9. The molecule has 4 aromatic carbocycles. The molecule has 3 aliphatic heterocycles. The van der Waals surface area contributed by atoms with Crippen molar-refractivity contribution in [3.63, 3.8) is 0 Å². The first-order valence-electron chi connectivity index (χ1n) is 27.7. The number of para-hydroxylation sites is 3. The van der Waals surface area contributed by atoms with Crippen LogP contribution >= 0.6 is 0 Å². The Hall–Kier alpha value is -5.47. The highest BCUT2D eigenvalue weighted by atomic mass is 16.7. The van der Waals surface area contributed by atoms with Crippen molar-refractivity contribution in [3.05, 3.63) is 126 Å². The topological polar surface area (TPSA) is 102 Å². The van der Waals surface area contributed by atoms with Crippen molar-refractivity contribution in [2.75, 3.05) is 16.5 Å². The number of aryl methyl sites for hydroxylation is 1. The van der Waals surface area contributed by atoms with E-state index in [2.05, 4.69) is 230 Å². The SMILES string of the molecule is Cc1ncc(N2CN(c3c(B4OB(C(C)(C)C)OB(C(C)(C)C)O4)cc(C(C)(C)C)cc3B3OB(C(C)(C)C)OB(C(C)(C)C)O3)c3ccccc32)cc1Oc1ccc2c3ccccc3n(-c3cc(C(C)(C)C)ccn3)c2c1. The Morgan fingerprint density at radius 1 is 0.487 bits per heavy atom. The largest absolute Gasteiger partial charge is 0.468 e. The van der Waals surface area contributed by atoms with Crippen LogP contribution in [0.3, 0.4) is 0 Å². The maximum absolute atomic E-state index is 7.08. The lowest BCUT2D eigenvalue weighted by molar-refractivity contribution is 0.250. The van der Waals surface area contributed by atoms with E-state index in [9.17, 15) is 0 Å². The number of nitrogens with zero attached hydrogens (tertiary/aromatic N) is 5. The lowest BCUT2D eigenvalue weighted by atomic mass is 9.49. The van der Waals surface area contributed by atoms with Gasteiger partial charge in [0.1, 0.15) is 18.2 Å². The van der Waals surface area contributed by atoms with Crippen molar-refractivity contribution in [3.8, 4) is 17.3 Å². The number of benzene rings is 4. The number of pyridine rings is 2. The number of fused-ring (bicyclic) bond motifs is 4. The highest BCUT2D eigenvalue weighted by Crippen LogP contribution is 2.47. The van der Waals surface area contributed by atoms with Gasteiger partial charge in [-0.2, -0.15) is 0 Å². The van der Waals surface area contributed by atoms with Crippen LogP contribution in [0.4, 0.5) is 22.7 Å². The van der Waals surface area contributed by atoms with E-state index in [1.165, 1.54) is 5.56 Å². The lowest BCUT2D eigenvalue weighted by Crippen LogP contribution is -2.62. The van der Waals surface area contributed by atoms with Crippen LogP contribution in [0.5, 0.6) is 11.5 Å². The molecule has 0 amide bonds. The fraction of sp³-hybridized carbons (Fsp3) is 0.433. The Labute approximate surface area is 466 Å². The number of rotatable bonds is 7. The first-order chi connectivity index (χ1) is 36.3. The van der Waals surface area contributed by atoms with E-state index in [4.69, 9.17) is 42.1 Å². The van der Waals surface area contributed by atoms with Gasteiger partial charge < -0.3 is 42.0 Å². The van der Waals surface area contributed by atoms with E-state index < -0.39 is 42.7 Å². The number of aromatic nitrogens is 3. The van der Waals surface area contributed by atoms with Crippen LogP contribution in [0.2, 0.25) is 21.3 Å². The average molecular weight is 1050 g/mol. The second-order valence-electron chi connectivity index (χ2n) is 28.1. The summed E-state index contributed by atoms with van der Waals surface area (Å²) in [6, 6.07) is 34.2. The van der Waals surface area contributed by atoms with Gasteiger partial charge >= 0.3 is 42.7 Å². The summed E-state index contributed by atoms with van der Waals surface area (Å²) in [6.07, 6.45) is 3.84. The highest BCUT2D eigenvalue weighted by Gasteiger charge is 2.55. The van der Waals surface area contributed by atoms with Crippen LogP contribution in [-0.2, 0) is 38.3 Å². The molecule has 78 heavy (non-hydrogen) atoms. The zero-order chi connectivity index (χ0) is 56.2. The monoisotopic (exact) mass is 1050 g/mol. The average Bonchev–Trinajstić information content (AvgIpc) is 4.05. The van der Waals surface area contributed by atoms with Gasteiger partial charge in [-0.3, -0.25) is 9.55 Å². The fourth-order valence-electron chi connectivity index (χ4n) is 10.4. The van der Waals surface area contributed by atoms with Gasteiger partial charge in [-0.1, -0.05) is 167 Å². The first-order valence-corrected chi connectivity index (χ1v) is 27.7. The van der Waals surface area contributed by atoms with Gasteiger partial charge in [0.15, 0.2) is 5.75 Å². The minimum Gasteiger partial charge on any atom is -0.455 e. The first kappa shape index (κ1) is 55.8. The molecule has 10 rings (SSSR count). The van der Waals surface area contributed by atoms with Crippen LogP contribution in [0, 0.1) is 6.92 Å². The van der Waals surface area contributed by atoms with E-state index in [-0.39, 0.29) is 32.1 Å². The molecular formula is C60H77B6N5O7. The van der Waals surface area contributed by atoms with Crippen molar-refractivity contribution < 1.29 is 32.2 Å². The maximum atomic E-state index is 7.08. The number of anilines is 4. The van der Waals surface area contributed by atoms with Gasteiger partial charge in [-0.05, 0) is 92.6 Å². The zero-order valence-corrected chi connectivity index (χ0v) is 49.7.